The summed E-state index contributed by atoms with van der Waals surface area (Å²) in [5.74, 6) is -0.944. The molecule has 0 bridgehead atoms. The fourth-order valence-electron chi connectivity index (χ4n) is 9.10. The van der Waals surface area contributed by atoms with Crippen molar-refractivity contribution in [3.8, 4) is 0 Å². The zero-order chi connectivity index (χ0) is 54.3. The van der Waals surface area contributed by atoms with Gasteiger partial charge in [0.15, 0.2) is 6.10 Å². The summed E-state index contributed by atoms with van der Waals surface area (Å²) in [6, 6.07) is 0. The van der Waals surface area contributed by atoms with Gasteiger partial charge < -0.3 is 14.2 Å². The van der Waals surface area contributed by atoms with E-state index in [0.29, 0.717) is 19.3 Å². The van der Waals surface area contributed by atoms with Crippen LogP contribution in [0, 0.1) is 0 Å². The highest BCUT2D eigenvalue weighted by molar-refractivity contribution is 5.71. The van der Waals surface area contributed by atoms with E-state index in [1.807, 2.05) is 0 Å². The van der Waals surface area contributed by atoms with Crippen molar-refractivity contribution in [2.45, 2.75) is 322 Å². The van der Waals surface area contributed by atoms with Gasteiger partial charge >= 0.3 is 17.9 Å². The minimum Gasteiger partial charge on any atom is -0.462 e. The van der Waals surface area contributed by atoms with E-state index in [1.165, 1.54) is 186 Å². The number of esters is 3. The number of allylic oxidation sites excluding steroid dienone is 14. The molecule has 0 aliphatic heterocycles. The van der Waals surface area contributed by atoms with E-state index in [0.717, 1.165) is 83.5 Å². The van der Waals surface area contributed by atoms with Crippen LogP contribution < -0.4 is 0 Å². The minimum atomic E-state index is -0.802. The average molecular weight is 1050 g/mol. The molecular weight excluding hydrogens is 925 g/mol. The lowest BCUT2D eigenvalue weighted by atomic mass is 10.0. The first kappa shape index (κ1) is 71.6. The maximum absolute atomic E-state index is 12.9. The second-order valence-electron chi connectivity index (χ2n) is 21.3. The van der Waals surface area contributed by atoms with Gasteiger partial charge in [-0.15, -0.1) is 0 Å². The molecule has 0 fully saturated rings. The highest BCUT2D eigenvalue weighted by atomic mass is 16.6. The molecule has 0 saturated heterocycles. The van der Waals surface area contributed by atoms with Gasteiger partial charge in [-0.25, -0.2) is 0 Å². The van der Waals surface area contributed by atoms with E-state index in [-0.39, 0.29) is 37.5 Å². The topological polar surface area (TPSA) is 78.9 Å². The van der Waals surface area contributed by atoms with Crippen molar-refractivity contribution in [1.82, 2.24) is 0 Å². The lowest BCUT2D eigenvalue weighted by molar-refractivity contribution is -0.167. The van der Waals surface area contributed by atoms with Crippen LogP contribution in [0.25, 0.3) is 0 Å². The molecule has 0 aromatic rings. The quantitative estimate of drug-likeness (QED) is 0.0261. The summed E-state index contributed by atoms with van der Waals surface area (Å²) in [6.45, 7) is 6.49. The van der Waals surface area contributed by atoms with Gasteiger partial charge in [0.1, 0.15) is 13.2 Å². The van der Waals surface area contributed by atoms with Gasteiger partial charge in [-0.2, -0.15) is 0 Å². The zero-order valence-electron chi connectivity index (χ0n) is 49.6. The molecular formula is C69H120O6. The number of rotatable bonds is 58. The first-order valence-electron chi connectivity index (χ1n) is 32.1. The van der Waals surface area contributed by atoms with E-state index in [9.17, 15) is 14.4 Å². The molecule has 0 saturated carbocycles. The summed E-state index contributed by atoms with van der Waals surface area (Å²) in [5, 5.41) is 0. The predicted octanol–water partition coefficient (Wildman–Crippen LogP) is 21.9. The second kappa shape index (κ2) is 63.1. The third-order valence-electron chi connectivity index (χ3n) is 13.9. The van der Waals surface area contributed by atoms with Crippen LogP contribution in [-0.2, 0) is 28.6 Å². The molecule has 75 heavy (non-hydrogen) atoms. The molecule has 0 spiro atoms. The van der Waals surface area contributed by atoms with Crippen LogP contribution in [0.5, 0.6) is 0 Å². The minimum absolute atomic E-state index is 0.0933. The Kier molecular flexibility index (Phi) is 60.3. The van der Waals surface area contributed by atoms with Crippen LogP contribution in [0.3, 0.4) is 0 Å². The van der Waals surface area contributed by atoms with Gasteiger partial charge in [0.25, 0.3) is 0 Å². The molecule has 0 aliphatic carbocycles. The molecule has 0 rings (SSSR count). The van der Waals surface area contributed by atoms with Gasteiger partial charge in [-0.05, 0) is 89.9 Å². The summed E-state index contributed by atoms with van der Waals surface area (Å²) in [5.41, 5.74) is 0. The first-order valence-corrected chi connectivity index (χ1v) is 32.1. The number of carbonyl (C=O) groups is 3. The summed E-state index contributed by atoms with van der Waals surface area (Å²) in [4.78, 5) is 38.3. The Balaban J connectivity index is 4.41. The van der Waals surface area contributed by atoms with Crippen LogP contribution >= 0.6 is 0 Å². The molecule has 0 aliphatic rings. The molecule has 432 valence electrons. The predicted molar refractivity (Wildman–Crippen MR) is 325 cm³/mol. The molecule has 0 aromatic carbocycles. The Bertz CT molecular complexity index is 1430. The Hall–Kier alpha value is -3.41. The number of carbonyl (C=O) groups excluding carboxylic acids is 3. The van der Waals surface area contributed by atoms with E-state index in [1.54, 1.807) is 0 Å². The summed E-state index contributed by atoms with van der Waals surface area (Å²) in [6.07, 6.45) is 83.1. The van der Waals surface area contributed by atoms with Crippen molar-refractivity contribution in [1.29, 1.82) is 0 Å². The molecule has 6 nitrogen and oxygen atoms in total. The standard InChI is InChI=1S/C69H120O6/c1-4-7-10-13-16-19-22-25-28-31-33-34-36-38-41-44-47-50-53-56-59-62-68(71)74-65-66(64-73-67(70)61-58-55-52-49-46-43-40-37-30-27-24-21-18-15-12-9-6-3)75-69(72)63-60-57-54-51-48-45-42-39-35-32-29-26-23-20-17-14-11-8-5-2/h9,12,17-18,20-21,26-27,29-30,40,43,49,52,66H,4-8,10-11,13-16,19,22-25,28,31-39,41-42,44-48,50-51,53-65H2,1-3H3/b12-9-,20-17-,21-18-,29-26-,30-27-,43-40-,52-49-. The van der Waals surface area contributed by atoms with E-state index >= 15 is 0 Å². The van der Waals surface area contributed by atoms with Crippen LogP contribution in [-0.4, -0.2) is 37.2 Å². The highest BCUT2D eigenvalue weighted by Crippen LogP contribution is 2.17. The van der Waals surface area contributed by atoms with Crippen LogP contribution in [0.1, 0.15) is 316 Å². The van der Waals surface area contributed by atoms with Gasteiger partial charge in [-0.3, -0.25) is 14.4 Å². The molecule has 1 unspecified atom stereocenters. The number of hydrogen-bond donors (Lipinski definition) is 0. The maximum atomic E-state index is 12.9. The monoisotopic (exact) mass is 1040 g/mol. The molecule has 0 heterocycles. The molecule has 0 amide bonds. The van der Waals surface area contributed by atoms with Gasteiger partial charge in [0.05, 0.1) is 0 Å². The number of ether oxygens (including phenoxy) is 3. The third-order valence-corrected chi connectivity index (χ3v) is 13.9. The van der Waals surface area contributed by atoms with Gasteiger partial charge in [-0.1, -0.05) is 292 Å². The summed E-state index contributed by atoms with van der Waals surface area (Å²) < 4.78 is 16.9. The van der Waals surface area contributed by atoms with Crippen LogP contribution in [0.4, 0.5) is 0 Å². The smallest absolute Gasteiger partial charge is 0.306 e. The molecule has 0 aromatic heterocycles. The maximum Gasteiger partial charge on any atom is 0.306 e. The average Bonchev–Trinajstić information content (AvgIpc) is 3.41. The zero-order valence-corrected chi connectivity index (χ0v) is 49.6. The summed E-state index contributed by atoms with van der Waals surface area (Å²) in [7, 11) is 0. The van der Waals surface area contributed by atoms with Crippen molar-refractivity contribution < 1.29 is 28.6 Å². The first-order chi connectivity index (χ1) is 37.0. The van der Waals surface area contributed by atoms with Gasteiger partial charge in [0.2, 0.25) is 0 Å². The third kappa shape index (κ3) is 61.3. The molecule has 0 N–H and O–H groups in total. The van der Waals surface area contributed by atoms with Crippen molar-refractivity contribution >= 4 is 17.9 Å². The second-order valence-corrected chi connectivity index (χ2v) is 21.3. The van der Waals surface area contributed by atoms with E-state index in [4.69, 9.17) is 14.2 Å². The fraction of sp³-hybridized carbons (Fsp3) is 0.754. The Morgan fingerprint density at radius 1 is 0.280 bits per heavy atom. The summed E-state index contributed by atoms with van der Waals surface area (Å²) >= 11 is 0. The largest absolute Gasteiger partial charge is 0.462 e. The van der Waals surface area contributed by atoms with Crippen molar-refractivity contribution in [3.63, 3.8) is 0 Å². The number of hydrogen-bond acceptors (Lipinski definition) is 6. The van der Waals surface area contributed by atoms with Crippen molar-refractivity contribution in [2.24, 2.45) is 0 Å². The van der Waals surface area contributed by atoms with Crippen molar-refractivity contribution in [3.05, 3.63) is 85.1 Å². The van der Waals surface area contributed by atoms with E-state index in [2.05, 4.69) is 106 Å². The fourth-order valence-corrected chi connectivity index (χ4v) is 9.10. The lowest BCUT2D eigenvalue weighted by Crippen LogP contribution is -2.30. The van der Waals surface area contributed by atoms with Crippen LogP contribution in [0.15, 0.2) is 85.1 Å². The number of unbranched alkanes of at least 4 members (excludes halogenated alkanes) is 33. The lowest BCUT2D eigenvalue weighted by Gasteiger charge is -2.18. The van der Waals surface area contributed by atoms with E-state index < -0.39 is 6.10 Å². The Labute approximate surface area is 465 Å². The van der Waals surface area contributed by atoms with Crippen molar-refractivity contribution in [2.75, 3.05) is 13.2 Å². The molecule has 1 atom stereocenters. The normalized spacial score (nSPS) is 12.6. The SMILES string of the molecule is CC/C=C\C/C=C\C/C=C\C/C=C\C/C=C\CCCC(=O)OCC(COC(=O)CCCCCCCCCCCCCCCCCCCCCCC)OC(=O)CCCCCCCCCCC/C=C\C/C=C\CCCCC. The van der Waals surface area contributed by atoms with Crippen LogP contribution in [0.2, 0.25) is 0 Å². The highest BCUT2D eigenvalue weighted by Gasteiger charge is 2.19. The Morgan fingerprint density at radius 3 is 0.893 bits per heavy atom. The van der Waals surface area contributed by atoms with Gasteiger partial charge in [0, 0.05) is 19.3 Å². The Morgan fingerprint density at radius 2 is 0.533 bits per heavy atom. The molecule has 6 heteroatoms. The molecule has 0 radical (unpaired) electrons.